The number of imide groups is 2. The number of aliphatic carboxylic acids is 2. The van der Waals surface area contributed by atoms with Crippen molar-refractivity contribution < 1.29 is 110 Å². The second kappa shape index (κ2) is 61.8. The SMILES string of the molecule is CC(C)(C(=O)O)c1ccccn1.CC(C)(C)C(=O)NC(=O)c1ccccn1.CCC(CC)NC(=O)c1ccccn1.NC(=O)c1ccccn1.NS(=O)(=O)c1ccccn1.O=C(NC(=O)C(F)(F)F)c1ccccn1.O=C(O)CCc1ccccn1.O=S(=O)(NCc1ccccn1)C(F)(F)F.O=S(=O)(NCc1ccccn1)c1ccccc1.OCc1ccccn1.ONCc1ccccn1. The number of hydrogen-bond donors (Lipinski definition) is 12. The molecule has 135 heavy (non-hydrogen) atoms. The molecule has 11 aromatic heterocycles. The van der Waals surface area contributed by atoms with E-state index in [0.29, 0.717) is 41.4 Å². The van der Waals surface area contributed by atoms with Gasteiger partial charge in [0, 0.05) is 91.7 Å². The fourth-order valence-corrected chi connectivity index (χ4v) is 10.7. The Hall–Kier alpha value is -14.8. The molecule has 6 amide bonds. The largest absolute Gasteiger partial charge is 0.511 e. The number of hydroxylamine groups is 1. The highest BCUT2D eigenvalue weighted by Gasteiger charge is 2.45. The van der Waals surface area contributed by atoms with Gasteiger partial charge in [-0.1, -0.05) is 120 Å². The smallest absolute Gasteiger partial charge is 0.481 e. The highest BCUT2D eigenvalue weighted by Crippen LogP contribution is 2.23. The maximum absolute atomic E-state index is 11.9. The number of carboxylic acid groups (broad SMARTS) is 2. The van der Waals surface area contributed by atoms with Crippen molar-refractivity contribution in [2.24, 2.45) is 16.3 Å². The van der Waals surface area contributed by atoms with E-state index in [4.69, 9.17) is 31.4 Å². The number of aromatic nitrogens is 11. The Balaban J connectivity index is 0.000000506. The normalized spacial score (nSPS) is 10.7. The van der Waals surface area contributed by atoms with Crippen molar-refractivity contribution in [2.75, 3.05) is 0 Å². The summed E-state index contributed by atoms with van der Waals surface area (Å²) in [5.41, 5.74) is 4.80. The number of nitrogens with zero attached hydrogens (tertiary/aromatic N) is 11. The van der Waals surface area contributed by atoms with Crippen LogP contribution in [0.15, 0.2) is 309 Å². The van der Waals surface area contributed by atoms with Crippen molar-refractivity contribution in [2.45, 2.75) is 133 Å². The number of alkyl halides is 6. The third kappa shape index (κ3) is 50.4. The van der Waals surface area contributed by atoms with Crippen LogP contribution in [0, 0.1) is 5.41 Å². The standard InChI is InChI=1S/C12H12N2O2S.C11H14N2O2.C11H16N2O.C9H11NO2.C8H5F3N2O2.C8H9NO2.C7H7F3N2O2S.C6H8N2O.C6H6N2O.C6H7NO.C5H6N2O2S/c15-17(16,12-7-2-1-3-8-12)14-10-11-6-4-5-9-13-11;1-11(2,3)10(15)13-9(14)8-6-4-5-7-12-8;1-3-9(4-2)13-11(14)10-7-5-6-8-12-10;1-9(2,8(11)12)7-5-3-4-6-10-7;9-8(10,11)7(15)13-6(14)5-3-1-2-4-12-5;10-8(11)5-4-7-3-1-2-6-9-7;8-7(9,10)15(13,14)12-5-6-3-1-2-4-11-6;9-8-5-6-3-1-2-4-7-6;7-6(9)5-3-1-2-4-8-5;8-5-6-3-1-2-4-7-6;6-10(8,9)5-3-1-2-4-7-5/h1-9,14H,10H2;4-7H,1-3H3,(H,13,14,15);5-9H,3-4H2,1-2H3,(H,13,14);3-6H,1-2H3,(H,11,12);1-4H,(H,13,14,15);1-3,6H,4-5H2,(H,10,11);1-4,12H,5H2;1-4,8-9H,5H2;1-4H,(H2,7,9);1-4,8H,5H2;1-4H,(H2,6,8,9). The molecule has 37 nitrogen and oxygen atoms in total. The maximum Gasteiger partial charge on any atom is 0.511 e. The number of aryl methyl sites for hydroxylation is 1. The van der Waals surface area contributed by atoms with Gasteiger partial charge in [-0.05, 0) is 172 Å². The molecule has 46 heteroatoms. The number of nitrogens with one attached hydrogen (secondary N) is 6. The van der Waals surface area contributed by atoms with Crippen LogP contribution in [0.1, 0.15) is 144 Å². The van der Waals surface area contributed by atoms with Gasteiger partial charge in [-0.2, -0.15) is 31.8 Å². The lowest BCUT2D eigenvalue weighted by Gasteiger charge is -2.17. The van der Waals surface area contributed by atoms with Crippen molar-refractivity contribution in [1.29, 1.82) is 0 Å². The van der Waals surface area contributed by atoms with Crippen LogP contribution in [0.25, 0.3) is 0 Å². The van der Waals surface area contributed by atoms with Crippen molar-refractivity contribution in [1.82, 2.24) is 85.7 Å². The van der Waals surface area contributed by atoms with Crippen LogP contribution in [0.3, 0.4) is 0 Å². The number of aliphatic hydroxyl groups is 1. The maximum atomic E-state index is 11.9. The Kier molecular flexibility index (Phi) is 53.2. The average molecular weight is 1940 g/mol. The molecule has 12 aromatic rings. The molecule has 1 aromatic carbocycles. The van der Waals surface area contributed by atoms with Crippen LogP contribution in [-0.4, -0.2) is 166 Å². The van der Waals surface area contributed by atoms with E-state index in [-0.39, 0.29) is 64.4 Å². The number of hydrogen-bond acceptors (Lipinski definition) is 28. The third-order valence-electron chi connectivity index (χ3n) is 16.0. The number of primary sulfonamides is 1. The zero-order valence-electron chi connectivity index (χ0n) is 73.6. The van der Waals surface area contributed by atoms with E-state index in [1.54, 1.807) is 211 Å². The number of aliphatic hydroxyl groups excluding tert-OH is 1. The number of sulfonamides is 3. The van der Waals surface area contributed by atoms with Crippen LogP contribution in [0.2, 0.25) is 0 Å². The van der Waals surface area contributed by atoms with Gasteiger partial charge in [-0.15, -0.1) is 0 Å². The zero-order chi connectivity index (χ0) is 101. The Morgan fingerprint density at radius 3 is 1.05 bits per heavy atom. The fraction of sp³-hybridized carbons (Fsp3) is 0.225. The number of carbonyl (C=O) groups excluding carboxylic acids is 6. The molecule has 0 radical (unpaired) electrons. The van der Waals surface area contributed by atoms with Gasteiger partial charge in [0.1, 0.15) is 28.2 Å². The lowest BCUT2D eigenvalue weighted by Crippen LogP contribution is -2.40. The first kappa shape index (κ1) is 116. The second-order valence-electron chi connectivity index (χ2n) is 27.8. The van der Waals surface area contributed by atoms with Gasteiger partial charge < -0.3 is 31.6 Å². The number of carboxylic acids is 2. The topological polar surface area (TPSA) is 586 Å². The third-order valence-corrected chi connectivity index (χ3v) is 19.4. The molecule has 0 fully saturated rings. The summed E-state index contributed by atoms with van der Waals surface area (Å²) in [6.45, 7) is 12.8. The van der Waals surface area contributed by atoms with Gasteiger partial charge in [0.2, 0.25) is 15.9 Å². The van der Waals surface area contributed by atoms with Gasteiger partial charge >= 0.3 is 39.6 Å². The minimum atomic E-state index is -5.29. The van der Waals surface area contributed by atoms with E-state index >= 15 is 0 Å². The number of primary amides is 1. The number of rotatable bonds is 23. The predicted octanol–water partition coefficient (Wildman–Crippen LogP) is 10.5. The summed E-state index contributed by atoms with van der Waals surface area (Å²) in [7, 11) is -12.3. The number of nitrogens with two attached hydrogens (primary N) is 2. The first-order chi connectivity index (χ1) is 63.7. The Bertz CT molecular complexity index is 5730. The number of pyridine rings is 11. The summed E-state index contributed by atoms with van der Waals surface area (Å²) in [6.07, 6.45) is 14.4. The van der Waals surface area contributed by atoms with Crippen LogP contribution in [-0.2, 0) is 87.3 Å². The molecule has 0 saturated carbocycles. The molecule has 14 N–H and O–H groups in total. The molecule has 0 spiro atoms. The van der Waals surface area contributed by atoms with Crippen LogP contribution in [0.5, 0.6) is 0 Å². The molecule has 0 unspecified atom stereocenters. The Morgan fingerprint density at radius 1 is 0.407 bits per heavy atom. The Labute approximate surface area is 774 Å². The molecule has 0 saturated heterocycles. The van der Waals surface area contributed by atoms with Crippen molar-refractivity contribution >= 4 is 77.5 Å². The van der Waals surface area contributed by atoms with Crippen molar-refractivity contribution in [3.05, 3.63) is 356 Å². The monoisotopic (exact) mass is 1930 g/mol. The van der Waals surface area contributed by atoms with Gasteiger partial charge in [0.15, 0.2) is 5.03 Å². The first-order valence-corrected chi connectivity index (χ1v) is 44.1. The lowest BCUT2D eigenvalue weighted by molar-refractivity contribution is -0.172. The first-order valence-electron chi connectivity index (χ1n) is 39.6. The van der Waals surface area contributed by atoms with Gasteiger partial charge in [-0.3, -0.25) is 98.8 Å². The minimum absolute atomic E-state index is 0.0286. The number of amides is 6. The van der Waals surface area contributed by atoms with Crippen LogP contribution >= 0.6 is 0 Å². The Morgan fingerprint density at radius 2 is 0.756 bits per heavy atom. The molecule has 720 valence electrons. The molecule has 11 heterocycles. The van der Waals surface area contributed by atoms with E-state index < -0.39 is 94.7 Å². The summed E-state index contributed by atoms with van der Waals surface area (Å²) in [4.78, 5) is 130. The number of carbonyl (C=O) groups is 8. The quantitative estimate of drug-likeness (QED) is 0.0209. The molecule has 0 aliphatic carbocycles. The molecule has 0 aliphatic heterocycles. The van der Waals surface area contributed by atoms with Crippen molar-refractivity contribution in [3.8, 4) is 0 Å². The van der Waals surface area contributed by atoms with E-state index in [9.17, 15) is 90.0 Å². The summed E-state index contributed by atoms with van der Waals surface area (Å²) >= 11 is 0. The lowest BCUT2D eigenvalue weighted by atomic mass is 9.89. The van der Waals surface area contributed by atoms with Crippen LogP contribution < -0.4 is 41.7 Å². The zero-order valence-corrected chi connectivity index (χ0v) is 76.0. The molecule has 0 atom stereocenters. The van der Waals surface area contributed by atoms with Crippen LogP contribution in [0.4, 0.5) is 26.3 Å². The van der Waals surface area contributed by atoms with E-state index in [0.717, 1.165) is 24.2 Å². The summed E-state index contributed by atoms with van der Waals surface area (Å²) in [5.74, 6) is -6.48. The fourth-order valence-electron chi connectivity index (χ4n) is 8.67. The van der Waals surface area contributed by atoms with E-state index in [1.165, 1.54) is 71.4 Å². The molecule has 0 aliphatic rings. The molecular weight excluding hydrogens is 1830 g/mol. The molecule has 0 bridgehead atoms. The summed E-state index contributed by atoms with van der Waals surface area (Å²) < 4.78 is 141. The van der Waals surface area contributed by atoms with Crippen molar-refractivity contribution in [3.63, 3.8) is 0 Å². The van der Waals surface area contributed by atoms with E-state index in [1.807, 2.05) is 66.1 Å². The summed E-state index contributed by atoms with van der Waals surface area (Å²) in [6, 6.07) is 64.1. The minimum Gasteiger partial charge on any atom is -0.481 e. The van der Waals surface area contributed by atoms with Gasteiger partial charge in [-0.25, -0.2) is 44.8 Å². The van der Waals surface area contributed by atoms with E-state index in [2.05, 4.69) is 84.0 Å². The number of halogens is 6. The van der Waals surface area contributed by atoms with Gasteiger partial charge in [0.05, 0.1) is 66.0 Å². The molecule has 12 rings (SSSR count). The summed E-state index contributed by atoms with van der Waals surface area (Å²) in [5, 5.41) is 45.0. The second-order valence-corrected chi connectivity index (χ2v) is 32.8. The predicted molar refractivity (Wildman–Crippen MR) is 482 cm³/mol. The highest BCUT2D eigenvalue weighted by molar-refractivity contribution is 7.90. The number of benzene rings is 1. The molecular formula is C89H101F6N19O18S3. The van der Waals surface area contributed by atoms with Gasteiger partial charge in [0.25, 0.3) is 33.7 Å². The average Bonchev–Trinajstić information content (AvgIpc) is 0.801. The highest BCUT2D eigenvalue weighted by atomic mass is 32.2.